The molecule has 1 amide bonds. The molecule has 0 heterocycles. The van der Waals surface area contributed by atoms with Gasteiger partial charge in [-0.25, -0.2) is 5.43 Å². The van der Waals surface area contributed by atoms with Gasteiger partial charge in [-0.15, -0.1) is 0 Å². The lowest BCUT2D eigenvalue weighted by atomic mass is 9.95. The number of phenols is 1. The van der Waals surface area contributed by atoms with Gasteiger partial charge in [0, 0.05) is 0 Å². The van der Waals surface area contributed by atoms with Crippen LogP contribution in [-0.2, 0) is 4.79 Å². The van der Waals surface area contributed by atoms with Crippen LogP contribution in [0.25, 0.3) is 0 Å². The van der Waals surface area contributed by atoms with Crippen LogP contribution in [0.4, 0.5) is 0 Å². The first-order chi connectivity index (χ1) is 11.1. The summed E-state index contributed by atoms with van der Waals surface area (Å²) >= 11 is 3.23. The molecule has 0 bridgehead atoms. The summed E-state index contributed by atoms with van der Waals surface area (Å²) in [5, 5.41) is 13.4. The van der Waals surface area contributed by atoms with E-state index < -0.39 is 0 Å². The predicted molar refractivity (Wildman–Crippen MR) is 94.4 cm³/mol. The molecule has 2 aromatic rings. The lowest BCUT2D eigenvalue weighted by molar-refractivity contribution is -0.122. The van der Waals surface area contributed by atoms with Crippen LogP contribution in [-0.4, -0.2) is 23.8 Å². The van der Waals surface area contributed by atoms with Gasteiger partial charge in [0.25, 0.3) is 0 Å². The van der Waals surface area contributed by atoms with E-state index in [0.29, 0.717) is 17.4 Å². The van der Waals surface area contributed by atoms with Crippen LogP contribution in [0.5, 0.6) is 5.75 Å². The zero-order chi connectivity index (χ0) is 16.7. The number of carbonyl (C=O) groups excluding carboxylic acids is 1. The molecule has 4 N–H and O–H groups in total. The number of halogens is 1. The lowest BCUT2D eigenvalue weighted by Crippen LogP contribution is -2.27. The molecule has 0 saturated carbocycles. The number of benzene rings is 2. The Bertz CT molecular complexity index is 689. The van der Waals surface area contributed by atoms with E-state index in [1.807, 2.05) is 30.3 Å². The first-order valence-corrected chi connectivity index (χ1v) is 7.97. The van der Waals surface area contributed by atoms with E-state index in [1.54, 1.807) is 18.2 Å². The summed E-state index contributed by atoms with van der Waals surface area (Å²) in [6.07, 6.45) is 2.07. The molecular formula is C17H18BrN3O2. The number of rotatable bonds is 6. The Kier molecular flexibility index (Phi) is 6.31. The Hall–Kier alpha value is -2.18. The molecule has 0 saturated heterocycles. The SMILES string of the molecule is NCC[C@@H](C(=O)N/N=C/c1ccc(O)c(Br)c1)c1ccccc1. The van der Waals surface area contributed by atoms with Crippen molar-refractivity contribution in [3.63, 3.8) is 0 Å². The second-order valence-corrected chi connectivity index (χ2v) is 5.84. The molecule has 0 radical (unpaired) electrons. The van der Waals surface area contributed by atoms with Crippen molar-refractivity contribution >= 4 is 28.1 Å². The smallest absolute Gasteiger partial charge is 0.247 e. The third kappa shape index (κ3) is 4.91. The first-order valence-electron chi connectivity index (χ1n) is 7.18. The number of amides is 1. The molecule has 6 heteroatoms. The zero-order valence-electron chi connectivity index (χ0n) is 12.4. The van der Waals surface area contributed by atoms with E-state index in [1.165, 1.54) is 6.21 Å². The predicted octanol–water partition coefficient (Wildman–Crippen LogP) is 2.74. The standard InChI is InChI=1S/C17H18BrN3O2/c18-15-10-12(6-7-16(15)22)11-20-21-17(23)14(8-9-19)13-4-2-1-3-5-13/h1-7,10-11,14,22H,8-9,19H2,(H,21,23)/b20-11+/t14-/m1/s1. The fourth-order valence-corrected chi connectivity index (χ4v) is 2.55. The van der Waals surface area contributed by atoms with Gasteiger partial charge >= 0.3 is 0 Å². The molecule has 5 nitrogen and oxygen atoms in total. The Labute approximate surface area is 143 Å². The molecule has 2 rings (SSSR count). The van der Waals surface area contributed by atoms with Crippen LogP contribution in [0.15, 0.2) is 58.1 Å². The maximum absolute atomic E-state index is 12.3. The van der Waals surface area contributed by atoms with Gasteiger partial charge in [-0.1, -0.05) is 30.3 Å². The molecule has 0 unspecified atom stereocenters. The number of aromatic hydroxyl groups is 1. The molecule has 0 aromatic heterocycles. The van der Waals surface area contributed by atoms with Crippen LogP contribution < -0.4 is 11.2 Å². The third-order valence-corrected chi connectivity index (χ3v) is 3.97. The van der Waals surface area contributed by atoms with Crippen LogP contribution in [0.2, 0.25) is 0 Å². The number of carbonyl (C=O) groups is 1. The highest BCUT2D eigenvalue weighted by Gasteiger charge is 2.19. The monoisotopic (exact) mass is 375 g/mol. The van der Waals surface area contributed by atoms with Crippen molar-refractivity contribution in [2.45, 2.75) is 12.3 Å². The second-order valence-electron chi connectivity index (χ2n) is 4.99. The van der Waals surface area contributed by atoms with Crippen molar-refractivity contribution in [1.29, 1.82) is 0 Å². The van der Waals surface area contributed by atoms with E-state index in [9.17, 15) is 9.90 Å². The number of hydrogen-bond acceptors (Lipinski definition) is 4. The summed E-state index contributed by atoms with van der Waals surface area (Å²) in [6, 6.07) is 14.5. The fraction of sp³-hybridized carbons (Fsp3) is 0.176. The lowest BCUT2D eigenvalue weighted by Gasteiger charge is -2.14. The minimum atomic E-state index is -0.329. The van der Waals surface area contributed by atoms with Gasteiger partial charge in [0.1, 0.15) is 5.75 Å². The average molecular weight is 376 g/mol. The minimum Gasteiger partial charge on any atom is -0.507 e. The van der Waals surface area contributed by atoms with E-state index in [4.69, 9.17) is 5.73 Å². The average Bonchev–Trinajstić information content (AvgIpc) is 2.56. The molecule has 0 spiro atoms. The van der Waals surface area contributed by atoms with E-state index in [2.05, 4.69) is 26.5 Å². The highest BCUT2D eigenvalue weighted by Crippen LogP contribution is 2.23. The maximum Gasteiger partial charge on any atom is 0.247 e. The molecule has 0 aliphatic carbocycles. The number of nitrogens with zero attached hydrogens (tertiary/aromatic N) is 1. The quantitative estimate of drug-likeness (QED) is 0.535. The number of phenolic OH excluding ortho intramolecular Hbond substituents is 1. The highest BCUT2D eigenvalue weighted by atomic mass is 79.9. The zero-order valence-corrected chi connectivity index (χ0v) is 14.0. The van der Waals surface area contributed by atoms with Crippen LogP contribution in [0, 0.1) is 0 Å². The summed E-state index contributed by atoms with van der Waals surface area (Å²) in [7, 11) is 0. The summed E-state index contributed by atoms with van der Waals surface area (Å²) in [5.41, 5.74) is 9.82. The van der Waals surface area contributed by atoms with Crippen molar-refractivity contribution in [3.05, 3.63) is 64.1 Å². The van der Waals surface area contributed by atoms with E-state index >= 15 is 0 Å². The van der Waals surface area contributed by atoms with E-state index in [-0.39, 0.29) is 17.6 Å². The van der Waals surface area contributed by atoms with E-state index in [0.717, 1.165) is 11.1 Å². The Morgan fingerprint density at radius 1 is 1.30 bits per heavy atom. The minimum absolute atomic E-state index is 0.151. The molecular weight excluding hydrogens is 358 g/mol. The van der Waals surface area contributed by atoms with Crippen molar-refractivity contribution < 1.29 is 9.90 Å². The van der Waals surface area contributed by atoms with Crippen LogP contribution in [0.3, 0.4) is 0 Å². The number of hydrogen-bond donors (Lipinski definition) is 3. The molecule has 23 heavy (non-hydrogen) atoms. The number of hydrazone groups is 1. The number of nitrogens with one attached hydrogen (secondary N) is 1. The first kappa shape index (κ1) is 17.2. The summed E-state index contributed by atoms with van der Waals surface area (Å²) in [4.78, 5) is 12.3. The largest absolute Gasteiger partial charge is 0.507 e. The molecule has 2 aromatic carbocycles. The van der Waals surface area contributed by atoms with Crippen molar-refractivity contribution in [3.8, 4) is 5.75 Å². The normalized spacial score (nSPS) is 12.3. The van der Waals surface area contributed by atoms with Crippen molar-refractivity contribution in [1.82, 2.24) is 5.43 Å². The Morgan fingerprint density at radius 2 is 2.04 bits per heavy atom. The van der Waals surface area contributed by atoms with Crippen LogP contribution in [0.1, 0.15) is 23.5 Å². The summed E-state index contributed by atoms with van der Waals surface area (Å²) in [5.74, 6) is -0.376. The van der Waals surface area contributed by atoms with Gasteiger partial charge in [-0.05, 0) is 58.2 Å². The molecule has 0 aliphatic rings. The second kappa shape index (κ2) is 8.45. The molecule has 0 fully saturated rings. The Balaban J connectivity index is 2.04. The summed E-state index contributed by atoms with van der Waals surface area (Å²) < 4.78 is 0.568. The molecule has 0 aliphatic heterocycles. The maximum atomic E-state index is 12.3. The van der Waals surface area contributed by atoms with Crippen LogP contribution >= 0.6 is 15.9 Å². The topological polar surface area (TPSA) is 87.7 Å². The molecule has 120 valence electrons. The van der Waals surface area contributed by atoms with Gasteiger partial charge in [0.15, 0.2) is 0 Å². The Morgan fingerprint density at radius 3 is 2.70 bits per heavy atom. The van der Waals surface area contributed by atoms with Gasteiger partial charge in [0.2, 0.25) is 5.91 Å². The molecule has 1 atom stereocenters. The summed E-state index contributed by atoms with van der Waals surface area (Å²) in [6.45, 7) is 0.418. The fourth-order valence-electron chi connectivity index (χ4n) is 2.15. The van der Waals surface area contributed by atoms with Gasteiger partial charge < -0.3 is 10.8 Å². The third-order valence-electron chi connectivity index (χ3n) is 3.33. The highest BCUT2D eigenvalue weighted by molar-refractivity contribution is 9.10. The van der Waals surface area contributed by atoms with Gasteiger partial charge in [0.05, 0.1) is 16.6 Å². The van der Waals surface area contributed by atoms with Gasteiger partial charge in [-0.3, -0.25) is 4.79 Å². The van der Waals surface area contributed by atoms with Gasteiger partial charge in [-0.2, -0.15) is 5.10 Å². The van der Waals surface area contributed by atoms with Crippen molar-refractivity contribution in [2.75, 3.05) is 6.54 Å². The number of nitrogens with two attached hydrogens (primary N) is 1. The van der Waals surface area contributed by atoms with Crippen molar-refractivity contribution in [2.24, 2.45) is 10.8 Å².